The van der Waals surface area contributed by atoms with Crippen LogP contribution in [0.5, 0.6) is 5.75 Å². The molecule has 142 valence electrons. The summed E-state index contributed by atoms with van der Waals surface area (Å²) in [5, 5.41) is 21.2. The highest BCUT2D eigenvalue weighted by molar-refractivity contribution is 5.53. The van der Waals surface area contributed by atoms with Crippen molar-refractivity contribution < 1.29 is 4.74 Å². The second-order valence-corrected chi connectivity index (χ2v) is 6.50. The van der Waals surface area contributed by atoms with Crippen LogP contribution >= 0.6 is 0 Å². The van der Waals surface area contributed by atoms with Gasteiger partial charge in [-0.25, -0.2) is 4.98 Å². The van der Waals surface area contributed by atoms with E-state index in [0.717, 1.165) is 36.4 Å². The summed E-state index contributed by atoms with van der Waals surface area (Å²) in [6.07, 6.45) is 2.50. The van der Waals surface area contributed by atoms with Gasteiger partial charge in [0, 0.05) is 12.0 Å². The van der Waals surface area contributed by atoms with Gasteiger partial charge in [-0.2, -0.15) is 10.3 Å². The molecule has 0 saturated carbocycles. The molecular formula is C20H21N7O. The van der Waals surface area contributed by atoms with Gasteiger partial charge in [0.15, 0.2) is 23.6 Å². The number of tetrazole rings is 1. The van der Waals surface area contributed by atoms with Crippen LogP contribution in [0.1, 0.15) is 36.7 Å². The zero-order valence-electron chi connectivity index (χ0n) is 15.5. The van der Waals surface area contributed by atoms with Crippen molar-refractivity contribution in [2.45, 2.75) is 32.3 Å². The second kappa shape index (κ2) is 8.43. The first-order valence-electron chi connectivity index (χ1n) is 9.23. The van der Waals surface area contributed by atoms with Gasteiger partial charge in [-0.05, 0) is 37.5 Å². The summed E-state index contributed by atoms with van der Waals surface area (Å²) >= 11 is 0. The van der Waals surface area contributed by atoms with Crippen molar-refractivity contribution in [2.75, 3.05) is 0 Å². The van der Waals surface area contributed by atoms with Crippen LogP contribution in [-0.4, -0.2) is 35.8 Å². The van der Waals surface area contributed by atoms with Gasteiger partial charge in [-0.3, -0.25) is 5.10 Å². The zero-order valence-corrected chi connectivity index (χ0v) is 15.5. The Kier molecular flexibility index (Phi) is 5.37. The Hall–Kier alpha value is -3.55. The van der Waals surface area contributed by atoms with E-state index in [1.807, 2.05) is 49.4 Å². The summed E-state index contributed by atoms with van der Waals surface area (Å²) in [7, 11) is 0. The number of rotatable bonds is 8. The van der Waals surface area contributed by atoms with Crippen molar-refractivity contribution in [1.29, 1.82) is 0 Å². The molecule has 2 aromatic heterocycles. The van der Waals surface area contributed by atoms with Crippen LogP contribution in [0.2, 0.25) is 0 Å². The number of nitrogens with one attached hydrogen (secondary N) is 2. The maximum atomic E-state index is 6.00. The van der Waals surface area contributed by atoms with Gasteiger partial charge in [-0.1, -0.05) is 47.7 Å². The molecule has 0 radical (unpaired) electrons. The van der Waals surface area contributed by atoms with E-state index < -0.39 is 0 Å². The number of nitrogens with zero attached hydrogens (tertiary/aromatic N) is 5. The number of aromatic nitrogens is 7. The molecule has 0 bridgehead atoms. The third-order valence-corrected chi connectivity index (χ3v) is 4.41. The SMILES string of the molecule is CC(Oc1ccc(CCCc2nn[nH]n2)cc1)c1nc(-c2ccccc2)n[nH]1. The maximum absolute atomic E-state index is 6.00. The number of hydrogen-bond acceptors (Lipinski definition) is 6. The van der Waals surface area contributed by atoms with E-state index >= 15 is 0 Å². The fraction of sp³-hybridized carbons (Fsp3) is 0.250. The van der Waals surface area contributed by atoms with Gasteiger partial charge in [0.05, 0.1) is 0 Å². The van der Waals surface area contributed by atoms with E-state index in [2.05, 4.69) is 47.9 Å². The van der Waals surface area contributed by atoms with Crippen LogP contribution < -0.4 is 4.74 Å². The molecular weight excluding hydrogens is 354 g/mol. The molecule has 1 unspecified atom stereocenters. The second-order valence-electron chi connectivity index (χ2n) is 6.50. The van der Waals surface area contributed by atoms with Crippen LogP contribution in [0, 0.1) is 0 Å². The molecule has 0 fully saturated rings. The molecule has 4 rings (SSSR count). The molecule has 2 N–H and O–H groups in total. The highest BCUT2D eigenvalue weighted by Gasteiger charge is 2.14. The third kappa shape index (κ3) is 4.40. The Labute approximate surface area is 162 Å². The lowest BCUT2D eigenvalue weighted by molar-refractivity contribution is 0.217. The van der Waals surface area contributed by atoms with Crippen molar-refractivity contribution in [2.24, 2.45) is 0 Å². The van der Waals surface area contributed by atoms with Crippen molar-refractivity contribution in [3.05, 3.63) is 71.8 Å². The summed E-state index contributed by atoms with van der Waals surface area (Å²) in [6.45, 7) is 1.95. The summed E-state index contributed by atoms with van der Waals surface area (Å²) in [5.74, 6) is 2.91. The fourth-order valence-corrected chi connectivity index (χ4v) is 2.91. The molecule has 0 amide bonds. The normalized spacial score (nSPS) is 12.0. The standard InChI is InChI=1S/C20H21N7O/c1-14(19-21-20(25-24-19)16-7-3-2-4-8-16)28-17-12-10-15(11-13-17)6-5-9-18-22-26-27-23-18/h2-4,7-8,10-14H,5-6,9H2,1H3,(H,21,24,25)(H,22,23,26,27). The number of ether oxygens (including phenoxy) is 1. The average Bonchev–Trinajstić information content (AvgIpc) is 3.42. The van der Waals surface area contributed by atoms with Crippen molar-refractivity contribution in [1.82, 2.24) is 35.8 Å². The Bertz CT molecular complexity index is 981. The fourth-order valence-electron chi connectivity index (χ4n) is 2.91. The zero-order chi connectivity index (χ0) is 19.2. The Balaban J connectivity index is 1.32. The predicted molar refractivity (Wildman–Crippen MR) is 104 cm³/mol. The van der Waals surface area contributed by atoms with Crippen LogP contribution in [0.3, 0.4) is 0 Å². The van der Waals surface area contributed by atoms with Gasteiger partial charge >= 0.3 is 0 Å². The molecule has 2 aromatic carbocycles. The molecule has 2 heterocycles. The van der Waals surface area contributed by atoms with Gasteiger partial charge in [-0.15, -0.1) is 10.2 Å². The Morgan fingerprint density at radius 3 is 2.54 bits per heavy atom. The smallest absolute Gasteiger partial charge is 0.181 e. The summed E-state index contributed by atoms with van der Waals surface area (Å²) in [4.78, 5) is 4.55. The van der Waals surface area contributed by atoms with Crippen LogP contribution in [0.4, 0.5) is 0 Å². The van der Waals surface area contributed by atoms with Crippen molar-refractivity contribution >= 4 is 0 Å². The molecule has 0 saturated heterocycles. The van der Waals surface area contributed by atoms with E-state index in [4.69, 9.17) is 4.74 Å². The monoisotopic (exact) mass is 375 g/mol. The largest absolute Gasteiger partial charge is 0.483 e. The first-order valence-corrected chi connectivity index (χ1v) is 9.23. The lowest BCUT2D eigenvalue weighted by Crippen LogP contribution is -2.05. The summed E-state index contributed by atoms with van der Waals surface area (Å²) in [6, 6.07) is 18.0. The number of hydrogen-bond donors (Lipinski definition) is 2. The van der Waals surface area contributed by atoms with Crippen LogP contribution in [0.25, 0.3) is 11.4 Å². The Morgan fingerprint density at radius 2 is 1.79 bits per heavy atom. The Morgan fingerprint density at radius 1 is 0.964 bits per heavy atom. The quantitative estimate of drug-likeness (QED) is 0.489. The number of H-pyrrole nitrogens is 2. The van der Waals surface area contributed by atoms with Crippen LogP contribution in [-0.2, 0) is 12.8 Å². The molecule has 0 spiro atoms. The van der Waals surface area contributed by atoms with Gasteiger partial charge < -0.3 is 4.74 Å². The molecule has 28 heavy (non-hydrogen) atoms. The highest BCUT2D eigenvalue weighted by Crippen LogP contribution is 2.22. The van der Waals surface area contributed by atoms with Crippen molar-refractivity contribution in [3.63, 3.8) is 0 Å². The van der Waals surface area contributed by atoms with Gasteiger partial charge in [0.2, 0.25) is 0 Å². The molecule has 8 heteroatoms. The minimum atomic E-state index is -0.228. The summed E-state index contributed by atoms with van der Waals surface area (Å²) < 4.78 is 6.00. The lowest BCUT2D eigenvalue weighted by atomic mass is 10.1. The van der Waals surface area contributed by atoms with E-state index in [1.54, 1.807) is 0 Å². The maximum Gasteiger partial charge on any atom is 0.181 e. The molecule has 4 aromatic rings. The van der Waals surface area contributed by atoms with Crippen molar-refractivity contribution in [3.8, 4) is 17.1 Å². The first-order chi connectivity index (χ1) is 13.8. The topological polar surface area (TPSA) is 105 Å². The highest BCUT2D eigenvalue weighted by atomic mass is 16.5. The number of benzene rings is 2. The first kappa shape index (κ1) is 17.8. The molecule has 0 aliphatic heterocycles. The van der Waals surface area contributed by atoms with Crippen LogP contribution in [0.15, 0.2) is 54.6 Å². The van der Waals surface area contributed by atoms with E-state index in [-0.39, 0.29) is 6.10 Å². The lowest BCUT2D eigenvalue weighted by Gasteiger charge is -2.12. The molecule has 1 atom stereocenters. The molecule has 0 aliphatic rings. The minimum Gasteiger partial charge on any atom is -0.483 e. The third-order valence-electron chi connectivity index (χ3n) is 4.41. The van der Waals surface area contributed by atoms with Gasteiger partial charge in [0.25, 0.3) is 0 Å². The molecule has 0 aliphatic carbocycles. The predicted octanol–water partition coefficient (Wildman–Crippen LogP) is 3.30. The summed E-state index contributed by atoms with van der Waals surface area (Å²) in [5.41, 5.74) is 2.22. The number of aryl methyl sites for hydroxylation is 2. The average molecular weight is 375 g/mol. The van der Waals surface area contributed by atoms with E-state index in [0.29, 0.717) is 11.6 Å². The van der Waals surface area contributed by atoms with Gasteiger partial charge in [0.1, 0.15) is 5.75 Å². The van der Waals surface area contributed by atoms with E-state index in [9.17, 15) is 0 Å². The molecule has 8 nitrogen and oxygen atoms in total. The minimum absolute atomic E-state index is 0.228. The van der Waals surface area contributed by atoms with E-state index in [1.165, 1.54) is 5.56 Å². The number of aromatic amines is 2.